The molecule has 0 radical (unpaired) electrons. The van der Waals surface area contributed by atoms with Crippen LogP contribution in [0.1, 0.15) is 42.3 Å². The molecule has 0 atom stereocenters. The molecule has 150 valence electrons. The highest BCUT2D eigenvalue weighted by molar-refractivity contribution is 9.11. The van der Waals surface area contributed by atoms with Crippen molar-refractivity contribution in [2.75, 3.05) is 6.61 Å². The molecule has 0 bridgehead atoms. The molecule has 2 N–H and O–H groups in total. The van der Waals surface area contributed by atoms with Gasteiger partial charge < -0.3 is 4.74 Å². The lowest BCUT2D eigenvalue weighted by Gasteiger charge is -2.21. The summed E-state index contributed by atoms with van der Waals surface area (Å²) in [5.74, 6) is -0.296. The molecule has 2 aromatic carbocycles. The number of hydrogen-bond donors (Lipinski definition) is 2. The Labute approximate surface area is 190 Å². The van der Waals surface area contributed by atoms with E-state index in [1.165, 1.54) is 0 Å². The summed E-state index contributed by atoms with van der Waals surface area (Å²) >= 11 is 10.3. The third-order valence-corrected chi connectivity index (χ3v) is 5.60. The molecule has 2 rings (SSSR count). The van der Waals surface area contributed by atoms with Gasteiger partial charge in [0.15, 0.2) is 6.61 Å². The quantitative estimate of drug-likeness (QED) is 0.478. The van der Waals surface area contributed by atoms with Crippen LogP contribution in [0.4, 0.5) is 0 Å². The molecule has 5 nitrogen and oxygen atoms in total. The number of carbonyl (C=O) groups excluding carboxylic acids is 2. The lowest BCUT2D eigenvalue weighted by molar-refractivity contribution is -0.123. The first-order valence-electron chi connectivity index (χ1n) is 8.46. The Morgan fingerprint density at radius 3 is 2.25 bits per heavy atom. The summed E-state index contributed by atoms with van der Waals surface area (Å²) in [5, 5.41) is 0. The van der Waals surface area contributed by atoms with E-state index in [1.807, 2.05) is 25.1 Å². The Balaban J connectivity index is 1.93. The van der Waals surface area contributed by atoms with Crippen molar-refractivity contribution in [3.05, 3.63) is 60.4 Å². The van der Waals surface area contributed by atoms with Crippen LogP contribution in [0.3, 0.4) is 0 Å². The van der Waals surface area contributed by atoms with Crippen LogP contribution in [0.25, 0.3) is 0 Å². The van der Waals surface area contributed by atoms with E-state index >= 15 is 0 Å². The third-order valence-electron chi connectivity index (χ3n) is 3.90. The normalized spacial score (nSPS) is 11.1. The predicted octanol–water partition coefficient (Wildman–Crippen LogP) is 5.42. The zero-order valence-corrected chi connectivity index (χ0v) is 20.7. The zero-order chi connectivity index (χ0) is 21.1. The highest BCUT2D eigenvalue weighted by Gasteiger charge is 2.18. The van der Waals surface area contributed by atoms with Crippen molar-refractivity contribution >= 4 is 59.6 Å². The van der Waals surface area contributed by atoms with Crippen LogP contribution in [0.5, 0.6) is 5.75 Å². The van der Waals surface area contributed by atoms with E-state index in [1.54, 1.807) is 12.1 Å². The van der Waals surface area contributed by atoms with Gasteiger partial charge in [0.1, 0.15) is 5.75 Å². The topological polar surface area (TPSA) is 67.4 Å². The molecular weight excluding hydrogens is 556 g/mol. The molecule has 8 heteroatoms. The first-order chi connectivity index (χ1) is 13.0. The minimum absolute atomic E-state index is 0.0428. The Morgan fingerprint density at radius 1 is 1.00 bits per heavy atom. The number of halogens is 3. The van der Waals surface area contributed by atoms with Crippen LogP contribution in [0.2, 0.25) is 0 Å². The van der Waals surface area contributed by atoms with Gasteiger partial charge in [-0.05, 0) is 63.7 Å². The van der Waals surface area contributed by atoms with E-state index < -0.39 is 11.8 Å². The summed E-state index contributed by atoms with van der Waals surface area (Å²) in [6, 6.07) is 9.09. The van der Waals surface area contributed by atoms with E-state index in [9.17, 15) is 9.59 Å². The largest absolute Gasteiger partial charge is 0.482 e. The van der Waals surface area contributed by atoms with Crippen molar-refractivity contribution in [1.82, 2.24) is 10.9 Å². The summed E-state index contributed by atoms with van der Waals surface area (Å²) in [5.41, 5.74) is 7.13. The van der Waals surface area contributed by atoms with Crippen LogP contribution in [0, 0.1) is 6.92 Å². The van der Waals surface area contributed by atoms with Crippen molar-refractivity contribution in [3.63, 3.8) is 0 Å². The second kappa shape index (κ2) is 9.41. The van der Waals surface area contributed by atoms with Crippen LogP contribution < -0.4 is 15.6 Å². The lowest BCUT2D eigenvalue weighted by atomic mass is 9.86. The first kappa shape index (κ1) is 22.9. The van der Waals surface area contributed by atoms with Crippen LogP contribution in [-0.2, 0) is 10.2 Å². The fourth-order valence-corrected chi connectivity index (χ4v) is 5.04. The molecule has 0 heterocycles. The summed E-state index contributed by atoms with van der Waals surface area (Å²) in [7, 11) is 0. The summed E-state index contributed by atoms with van der Waals surface area (Å²) in [4.78, 5) is 24.3. The van der Waals surface area contributed by atoms with Crippen molar-refractivity contribution in [2.45, 2.75) is 33.1 Å². The number of nitrogens with one attached hydrogen (secondary N) is 2. The summed E-state index contributed by atoms with van der Waals surface area (Å²) < 4.78 is 8.04. The fourth-order valence-electron chi connectivity index (χ4n) is 2.51. The van der Waals surface area contributed by atoms with Gasteiger partial charge >= 0.3 is 0 Å². The Morgan fingerprint density at radius 2 is 1.68 bits per heavy atom. The monoisotopic (exact) mass is 574 g/mol. The highest BCUT2D eigenvalue weighted by atomic mass is 79.9. The maximum absolute atomic E-state index is 12.3. The van der Waals surface area contributed by atoms with Crippen LogP contribution in [0.15, 0.2) is 43.7 Å². The average molecular weight is 577 g/mol. The molecule has 2 amide bonds. The van der Waals surface area contributed by atoms with Crippen molar-refractivity contribution in [1.29, 1.82) is 0 Å². The maximum Gasteiger partial charge on any atom is 0.276 e. The van der Waals surface area contributed by atoms with Gasteiger partial charge in [-0.1, -0.05) is 58.7 Å². The smallest absolute Gasteiger partial charge is 0.276 e. The van der Waals surface area contributed by atoms with Gasteiger partial charge in [-0.3, -0.25) is 20.4 Å². The van der Waals surface area contributed by atoms with Gasteiger partial charge in [0.05, 0.1) is 4.47 Å². The molecule has 0 spiro atoms. The number of rotatable bonds is 4. The standard InChI is InChI=1S/C20H21Br3N2O3/c1-11-7-13(21)9-16(23)18(11)28-10-17(26)24-25-19(27)12-5-6-14(15(22)8-12)20(2,3)4/h5-9H,10H2,1-4H3,(H,24,26)(H,25,27). The Kier molecular flexibility index (Phi) is 7.70. The van der Waals surface area contributed by atoms with Gasteiger partial charge in [0.2, 0.25) is 0 Å². The van der Waals surface area contributed by atoms with Crippen molar-refractivity contribution in [2.24, 2.45) is 0 Å². The minimum Gasteiger partial charge on any atom is -0.482 e. The molecule has 0 aliphatic heterocycles. The highest BCUT2D eigenvalue weighted by Crippen LogP contribution is 2.32. The molecule has 0 unspecified atom stereocenters. The summed E-state index contributed by atoms with van der Waals surface area (Å²) in [6.45, 7) is 7.94. The van der Waals surface area contributed by atoms with Gasteiger partial charge in [0, 0.05) is 14.5 Å². The number of carbonyl (C=O) groups is 2. The Bertz CT molecular complexity index is 885. The number of hydrogen-bond acceptors (Lipinski definition) is 3. The minimum atomic E-state index is -0.465. The van der Waals surface area contributed by atoms with E-state index in [4.69, 9.17) is 4.74 Å². The van der Waals surface area contributed by atoms with Crippen LogP contribution in [-0.4, -0.2) is 18.4 Å². The second-order valence-corrected chi connectivity index (χ2v) is 9.89. The van der Waals surface area contributed by atoms with Gasteiger partial charge in [-0.2, -0.15) is 0 Å². The van der Waals surface area contributed by atoms with E-state index in [0.717, 1.165) is 24.5 Å². The molecule has 0 fully saturated rings. The van der Waals surface area contributed by atoms with Gasteiger partial charge in [0.25, 0.3) is 11.8 Å². The SMILES string of the molecule is Cc1cc(Br)cc(Br)c1OCC(=O)NNC(=O)c1ccc(C(C)(C)C)c(Br)c1. The van der Waals surface area contributed by atoms with Crippen molar-refractivity contribution in [3.8, 4) is 5.75 Å². The molecule has 0 aromatic heterocycles. The van der Waals surface area contributed by atoms with E-state index in [-0.39, 0.29) is 12.0 Å². The zero-order valence-electron chi connectivity index (χ0n) is 16.0. The number of ether oxygens (including phenoxy) is 1. The molecule has 0 saturated heterocycles. The average Bonchev–Trinajstić information content (AvgIpc) is 2.57. The van der Waals surface area contributed by atoms with E-state index in [2.05, 4.69) is 79.4 Å². The Hall–Kier alpha value is -1.38. The number of benzene rings is 2. The number of amides is 2. The molecule has 0 aliphatic carbocycles. The van der Waals surface area contributed by atoms with Crippen LogP contribution >= 0.6 is 47.8 Å². The van der Waals surface area contributed by atoms with Crippen molar-refractivity contribution < 1.29 is 14.3 Å². The molecule has 2 aromatic rings. The maximum atomic E-state index is 12.3. The number of aryl methyl sites for hydroxylation is 1. The third kappa shape index (κ3) is 6.06. The van der Waals surface area contributed by atoms with E-state index in [0.29, 0.717) is 11.3 Å². The first-order valence-corrected chi connectivity index (χ1v) is 10.8. The molecule has 0 saturated carbocycles. The molecular formula is C20H21Br3N2O3. The molecule has 28 heavy (non-hydrogen) atoms. The predicted molar refractivity (Wildman–Crippen MR) is 121 cm³/mol. The molecule has 0 aliphatic rings. The lowest BCUT2D eigenvalue weighted by Crippen LogP contribution is -2.43. The van der Waals surface area contributed by atoms with Gasteiger partial charge in [-0.25, -0.2) is 0 Å². The summed E-state index contributed by atoms with van der Waals surface area (Å²) in [6.07, 6.45) is 0. The fraction of sp³-hybridized carbons (Fsp3) is 0.300. The van der Waals surface area contributed by atoms with Gasteiger partial charge in [-0.15, -0.1) is 0 Å². The number of hydrazine groups is 1. The second-order valence-electron chi connectivity index (χ2n) is 7.27.